The van der Waals surface area contributed by atoms with E-state index < -0.39 is 0 Å². The molecule has 0 unspecified atom stereocenters. The lowest BCUT2D eigenvalue weighted by molar-refractivity contribution is 0.174. The van der Waals surface area contributed by atoms with Crippen LogP contribution in [0.2, 0.25) is 0 Å². The van der Waals surface area contributed by atoms with Gasteiger partial charge in [-0.15, -0.1) is 0 Å². The standard InChI is InChI=1S/C14H17N3O2/c1-9-11(5-6-15)16-17(2)14(9)10-3-4-12-13(7-10)19-8-18-12/h3-4,7H,5-6,8,15H2,1-2H3. The van der Waals surface area contributed by atoms with Crippen LogP contribution in [-0.2, 0) is 13.5 Å². The molecule has 0 aliphatic carbocycles. The highest BCUT2D eigenvalue weighted by Crippen LogP contribution is 2.37. The maximum Gasteiger partial charge on any atom is 0.231 e. The lowest BCUT2D eigenvalue weighted by atomic mass is 10.1. The van der Waals surface area contributed by atoms with Crippen LogP contribution >= 0.6 is 0 Å². The fraction of sp³-hybridized carbons (Fsp3) is 0.357. The Hall–Kier alpha value is -2.01. The lowest BCUT2D eigenvalue weighted by Crippen LogP contribution is -2.04. The van der Waals surface area contributed by atoms with Crippen LogP contribution in [0.25, 0.3) is 11.3 Å². The van der Waals surface area contributed by atoms with Crippen molar-refractivity contribution < 1.29 is 9.47 Å². The van der Waals surface area contributed by atoms with Crippen LogP contribution in [-0.4, -0.2) is 23.1 Å². The number of hydrogen-bond donors (Lipinski definition) is 1. The monoisotopic (exact) mass is 259 g/mol. The smallest absolute Gasteiger partial charge is 0.231 e. The molecule has 0 bridgehead atoms. The van der Waals surface area contributed by atoms with Crippen molar-refractivity contribution in [2.24, 2.45) is 12.8 Å². The molecule has 0 saturated carbocycles. The third-order valence-corrected chi connectivity index (χ3v) is 3.41. The van der Waals surface area contributed by atoms with Crippen LogP contribution in [0.1, 0.15) is 11.3 Å². The van der Waals surface area contributed by atoms with Crippen molar-refractivity contribution in [1.29, 1.82) is 0 Å². The van der Waals surface area contributed by atoms with Gasteiger partial charge < -0.3 is 15.2 Å². The molecular formula is C14H17N3O2. The van der Waals surface area contributed by atoms with E-state index in [0.29, 0.717) is 13.3 Å². The Morgan fingerprint density at radius 1 is 1.32 bits per heavy atom. The second-order valence-corrected chi connectivity index (χ2v) is 4.65. The topological polar surface area (TPSA) is 62.3 Å². The largest absolute Gasteiger partial charge is 0.454 e. The summed E-state index contributed by atoms with van der Waals surface area (Å²) < 4.78 is 12.7. The van der Waals surface area contributed by atoms with Gasteiger partial charge in [-0.05, 0) is 37.2 Å². The quantitative estimate of drug-likeness (QED) is 0.910. The van der Waals surface area contributed by atoms with Crippen molar-refractivity contribution in [1.82, 2.24) is 9.78 Å². The van der Waals surface area contributed by atoms with Crippen molar-refractivity contribution in [3.8, 4) is 22.8 Å². The van der Waals surface area contributed by atoms with E-state index >= 15 is 0 Å². The molecule has 100 valence electrons. The zero-order chi connectivity index (χ0) is 13.4. The van der Waals surface area contributed by atoms with E-state index in [4.69, 9.17) is 15.2 Å². The number of benzene rings is 1. The van der Waals surface area contributed by atoms with Crippen molar-refractivity contribution in [2.75, 3.05) is 13.3 Å². The second kappa shape index (κ2) is 4.59. The highest BCUT2D eigenvalue weighted by atomic mass is 16.7. The minimum absolute atomic E-state index is 0.293. The molecule has 0 atom stereocenters. The highest BCUT2D eigenvalue weighted by Gasteiger charge is 2.18. The molecule has 1 aromatic heterocycles. The summed E-state index contributed by atoms with van der Waals surface area (Å²) in [6.07, 6.45) is 0.796. The molecule has 1 aromatic carbocycles. The zero-order valence-corrected chi connectivity index (χ0v) is 11.1. The van der Waals surface area contributed by atoms with Crippen LogP contribution in [0.4, 0.5) is 0 Å². The fourth-order valence-electron chi connectivity index (χ4n) is 2.51. The van der Waals surface area contributed by atoms with Crippen molar-refractivity contribution in [3.05, 3.63) is 29.5 Å². The average molecular weight is 259 g/mol. The van der Waals surface area contributed by atoms with Gasteiger partial charge in [-0.1, -0.05) is 0 Å². The summed E-state index contributed by atoms with van der Waals surface area (Å²) >= 11 is 0. The van der Waals surface area contributed by atoms with E-state index in [0.717, 1.165) is 34.9 Å². The van der Waals surface area contributed by atoms with Crippen LogP contribution in [0, 0.1) is 6.92 Å². The van der Waals surface area contributed by atoms with Crippen molar-refractivity contribution >= 4 is 0 Å². The van der Waals surface area contributed by atoms with E-state index in [9.17, 15) is 0 Å². The summed E-state index contributed by atoms with van der Waals surface area (Å²) in [5.41, 5.74) is 10.0. The number of rotatable bonds is 3. The van der Waals surface area contributed by atoms with Crippen molar-refractivity contribution in [3.63, 3.8) is 0 Å². The number of nitrogens with two attached hydrogens (primary N) is 1. The van der Waals surface area contributed by atoms with E-state index in [2.05, 4.69) is 12.0 Å². The predicted octanol–water partition coefficient (Wildman–Crippen LogP) is 1.63. The Morgan fingerprint density at radius 3 is 2.89 bits per heavy atom. The minimum atomic E-state index is 0.293. The van der Waals surface area contributed by atoms with Crippen molar-refractivity contribution in [2.45, 2.75) is 13.3 Å². The van der Waals surface area contributed by atoms with Gasteiger partial charge in [0.1, 0.15) is 0 Å². The summed E-state index contributed by atoms with van der Waals surface area (Å²) in [4.78, 5) is 0. The van der Waals surface area contributed by atoms with Gasteiger partial charge in [0.05, 0.1) is 11.4 Å². The molecule has 5 heteroatoms. The molecule has 1 aliphatic rings. The molecule has 2 N–H and O–H groups in total. The summed E-state index contributed by atoms with van der Waals surface area (Å²) in [7, 11) is 1.95. The van der Waals surface area contributed by atoms with Gasteiger partial charge in [0.15, 0.2) is 11.5 Å². The fourth-order valence-corrected chi connectivity index (χ4v) is 2.51. The highest BCUT2D eigenvalue weighted by molar-refractivity contribution is 5.68. The molecule has 0 spiro atoms. The van der Waals surface area contributed by atoms with Gasteiger partial charge in [-0.3, -0.25) is 4.68 Å². The molecule has 1 aliphatic heterocycles. The minimum Gasteiger partial charge on any atom is -0.454 e. The number of aromatic nitrogens is 2. The molecule has 0 fully saturated rings. The first-order chi connectivity index (χ1) is 9.20. The van der Waals surface area contributed by atoms with Crippen LogP contribution in [0.5, 0.6) is 11.5 Å². The third kappa shape index (κ3) is 1.96. The third-order valence-electron chi connectivity index (χ3n) is 3.41. The first kappa shape index (κ1) is 12.0. The Balaban J connectivity index is 2.07. The number of nitrogens with zero attached hydrogens (tertiary/aromatic N) is 2. The average Bonchev–Trinajstić information content (AvgIpc) is 2.95. The Labute approximate surface area is 111 Å². The lowest BCUT2D eigenvalue weighted by Gasteiger charge is -2.05. The molecule has 2 aromatic rings. The number of fused-ring (bicyclic) bond motifs is 1. The summed E-state index contributed by atoms with van der Waals surface area (Å²) in [6.45, 7) is 2.98. The van der Waals surface area contributed by atoms with E-state index in [1.165, 1.54) is 5.56 Å². The van der Waals surface area contributed by atoms with Gasteiger partial charge in [0, 0.05) is 19.0 Å². The SMILES string of the molecule is Cc1c(CCN)nn(C)c1-c1ccc2c(c1)OCO2. The van der Waals surface area contributed by atoms with Gasteiger partial charge in [0.25, 0.3) is 0 Å². The number of aryl methyl sites for hydroxylation is 1. The first-order valence-corrected chi connectivity index (χ1v) is 6.33. The molecule has 19 heavy (non-hydrogen) atoms. The normalized spacial score (nSPS) is 13.0. The van der Waals surface area contributed by atoms with Gasteiger partial charge >= 0.3 is 0 Å². The Kier molecular flexibility index (Phi) is 2.91. The predicted molar refractivity (Wildman–Crippen MR) is 72.3 cm³/mol. The molecule has 0 radical (unpaired) electrons. The number of ether oxygens (including phenoxy) is 2. The molecule has 3 rings (SSSR count). The summed E-state index contributed by atoms with van der Waals surface area (Å²) in [5.74, 6) is 1.59. The van der Waals surface area contributed by atoms with Crippen LogP contribution < -0.4 is 15.2 Å². The maximum atomic E-state index is 5.62. The Bertz CT molecular complexity index is 619. The first-order valence-electron chi connectivity index (χ1n) is 6.33. The van der Waals surface area contributed by atoms with Gasteiger partial charge in [-0.2, -0.15) is 5.10 Å². The second-order valence-electron chi connectivity index (χ2n) is 4.65. The maximum absolute atomic E-state index is 5.62. The zero-order valence-electron chi connectivity index (χ0n) is 11.1. The molecule has 0 amide bonds. The molecule has 2 heterocycles. The summed E-state index contributed by atoms with van der Waals surface area (Å²) in [6, 6.07) is 5.97. The number of hydrogen-bond acceptors (Lipinski definition) is 4. The van der Waals surface area contributed by atoms with E-state index in [-0.39, 0.29) is 0 Å². The Morgan fingerprint density at radius 2 is 2.11 bits per heavy atom. The molecular weight excluding hydrogens is 242 g/mol. The van der Waals surface area contributed by atoms with E-state index in [1.807, 2.05) is 29.9 Å². The van der Waals surface area contributed by atoms with Gasteiger partial charge in [-0.25, -0.2) is 0 Å². The molecule has 0 saturated heterocycles. The van der Waals surface area contributed by atoms with Gasteiger partial charge in [0.2, 0.25) is 6.79 Å². The van der Waals surface area contributed by atoms with E-state index in [1.54, 1.807) is 0 Å². The van der Waals surface area contributed by atoms with Crippen LogP contribution in [0.15, 0.2) is 18.2 Å². The molecule has 5 nitrogen and oxygen atoms in total. The van der Waals surface area contributed by atoms with Crippen LogP contribution in [0.3, 0.4) is 0 Å². The summed E-state index contributed by atoms with van der Waals surface area (Å²) in [5, 5.41) is 4.53.